The second-order valence-electron chi connectivity index (χ2n) is 22.8. The van der Waals surface area contributed by atoms with Gasteiger partial charge in [-0.25, -0.2) is 19.2 Å². The Kier molecular flexibility index (Phi) is 21.1. The highest BCUT2D eigenvalue weighted by atomic mass is 16.6. The summed E-state index contributed by atoms with van der Waals surface area (Å²) in [6.45, 7) is 16.8. The molecule has 432 valence electrons. The highest BCUT2D eigenvalue weighted by Crippen LogP contribution is 2.20. The lowest BCUT2D eigenvalue weighted by Gasteiger charge is -2.27. The second-order valence-corrected chi connectivity index (χ2v) is 22.8. The third kappa shape index (κ3) is 17.8. The molecule has 7 rings (SSSR count). The van der Waals surface area contributed by atoms with E-state index in [0.717, 1.165) is 46.7 Å². The maximum Gasteiger partial charge on any atom is 0.329 e. The first kappa shape index (κ1) is 60.2. The Morgan fingerprint density at radius 1 is 0.450 bits per heavy atom. The van der Waals surface area contributed by atoms with Crippen LogP contribution in [0.5, 0.6) is 0 Å². The summed E-state index contributed by atoms with van der Waals surface area (Å²) in [4.78, 5) is 112. The topological polar surface area (TPSA) is 281 Å². The minimum atomic E-state index is -1.53. The number of amides is 4. The third-order valence-electron chi connectivity index (χ3n) is 13.7. The van der Waals surface area contributed by atoms with Crippen LogP contribution in [0.1, 0.15) is 126 Å². The lowest BCUT2D eigenvalue weighted by atomic mass is 10.0. The van der Waals surface area contributed by atoms with Gasteiger partial charge < -0.3 is 50.8 Å². The maximum atomic E-state index is 14.4. The van der Waals surface area contributed by atoms with Crippen molar-refractivity contribution in [2.75, 3.05) is 13.2 Å². The number of fused-ring (bicyclic) bond motifs is 2. The van der Waals surface area contributed by atoms with Crippen molar-refractivity contribution in [3.05, 3.63) is 106 Å². The van der Waals surface area contributed by atoms with E-state index >= 15 is 0 Å². The number of rotatable bonds is 16. The Hall–Kier alpha value is -7.46. The SMILES string of the molecule is CC(C)CC1NC(=O)C(Cc2ccc(Cn3cc4c(n3)CNC4)cc2)OC(=O)C(CC(C)C)NC(=O)COC(=O)C(CC(C)C)NC(=O)C(Cc2ccc(Cn3cc4c(n3)CNC4)cc2)OC(=O)C(CC(C)C)NC(=O)COC1=O. The van der Waals surface area contributed by atoms with Crippen molar-refractivity contribution in [3.63, 3.8) is 0 Å². The summed E-state index contributed by atoms with van der Waals surface area (Å²) >= 11 is 0. The molecule has 1 saturated heterocycles. The Bertz CT molecular complexity index is 2570. The average molecular weight is 1110 g/mol. The van der Waals surface area contributed by atoms with Crippen LogP contribution in [0.15, 0.2) is 60.9 Å². The van der Waals surface area contributed by atoms with Crippen LogP contribution in [-0.2, 0) is 109 Å². The van der Waals surface area contributed by atoms with E-state index in [9.17, 15) is 38.4 Å². The van der Waals surface area contributed by atoms with Gasteiger partial charge in [0.2, 0.25) is 0 Å². The van der Waals surface area contributed by atoms with Crippen LogP contribution in [0.3, 0.4) is 0 Å². The van der Waals surface area contributed by atoms with E-state index in [1.54, 1.807) is 24.3 Å². The predicted octanol–water partition coefficient (Wildman–Crippen LogP) is 3.22. The van der Waals surface area contributed by atoms with Gasteiger partial charge in [-0.15, -0.1) is 0 Å². The normalized spacial score (nSPS) is 22.2. The molecule has 0 bridgehead atoms. The Morgan fingerprint density at radius 3 is 1.10 bits per heavy atom. The molecule has 6 atom stereocenters. The summed E-state index contributed by atoms with van der Waals surface area (Å²) in [6, 6.07) is 9.42. The first-order valence-electron chi connectivity index (χ1n) is 27.8. The third-order valence-corrected chi connectivity index (χ3v) is 13.7. The number of cyclic esters (lactones) is 4. The van der Waals surface area contributed by atoms with Crippen molar-refractivity contribution >= 4 is 47.5 Å². The first-order chi connectivity index (χ1) is 38.1. The Labute approximate surface area is 466 Å². The molecule has 5 heterocycles. The molecule has 4 aromatic rings. The van der Waals surface area contributed by atoms with Gasteiger partial charge >= 0.3 is 23.9 Å². The summed E-state index contributed by atoms with van der Waals surface area (Å²) < 4.78 is 26.7. The quantitative estimate of drug-likeness (QED) is 0.0694. The fraction of sp³-hybridized carbons (Fsp3) is 0.552. The first-order valence-corrected chi connectivity index (χ1v) is 27.8. The van der Waals surface area contributed by atoms with E-state index in [4.69, 9.17) is 18.9 Å². The Morgan fingerprint density at radius 2 is 0.775 bits per heavy atom. The van der Waals surface area contributed by atoms with Crippen LogP contribution in [0.2, 0.25) is 0 Å². The molecule has 6 N–H and O–H groups in total. The summed E-state index contributed by atoms with van der Waals surface area (Å²) in [5.74, 6) is -7.95. The maximum absolute atomic E-state index is 14.4. The zero-order valence-electron chi connectivity index (χ0n) is 47.1. The molecule has 0 saturated carbocycles. The number of hydrogen-bond donors (Lipinski definition) is 6. The smallest absolute Gasteiger partial charge is 0.329 e. The predicted molar refractivity (Wildman–Crippen MR) is 291 cm³/mol. The van der Waals surface area contributed by atoms with Gasteiger partial charge in [-0.2, -0.15) is 10.2 Å². The van der Waals surface area contributed by atoms with Crippen LogP contribution in [0.25, 0.3) is 0 Å². The molecule has 2 aromatic carbocycles. The molecule has 1 fully saturated rings. The number of ether oxygens (including phenoxy) is 4. The molecule has 6 unspecified atom stereocenters. The number of hydrogen-bond acceptors (Lipinski definition) is 16. The van der Waals surface area contributed by atoms with Crippen LogP contribution >= 0.6 is 0 Å². The van der Waals surface area contributed by atoms with Crippen LogP contribution in [0.4, 0.5) is 0 Å². The van der Waals surface area contributed by atoms with Crippen molar-refractivity contribution in [1.29, 1.82) is 0 Å². The van der Waals surface area contributed by atoms with E-state index in [1.165, 1.54) is 0 Å². The van der Waals surface area contributed by atoms with Crippen LogP contribution < -0.4 is 31.9 Å². The summed E-state index contributed by atoms with van der Waals surface area (Å²) in [7, 11) is 0. The number of carbonyl (C=O) groups excluding carboxylic acids is 8. The van der Waals surface area contributed by atoms with Gasteiger partial charge in [-0.1, -0.05) is 104 Å². The van der Waals surface area contributed by atoms with Crippen LogP contribution in [-0.4, -0.2) is 117 Å². The second kappa shape index (κ2) is 28.1. The van der Waals surface area contributed by atoms with Gasteiger partial charge in [-0.05, 0) is 71.6 Å². The van der Waals surface area contributed by atoms with Crippen molar-refractivity contribution in [2.45, 2.75) is 170 Å². The minimum Gasteiger partial charge on any atom is -0.454 e. The number of nitrogens with zero attached hydrogens (tertiary/aromatic N) is 4. The number of carbonyl (C=O) groups is 8. The fourth-order valence-corrected chi connectivity index (χ4v) is 9.79. The van der Waals surface area contributed by atoms with Crippen molar-refractivity contribution in [2.24, 2.45) is 23.7 Å². The van der Waals surface area contributed by atoms with E-state index < -0.39 is 97.1 Å². The highest BCUT2D eigenvalue weighted by Gasteiger charge is 2.36. The van der Waals surface area contributed by atoms with Gasteiger partial charge in [0.1, 0.15) is 24.2 Å². The molecule has 2 aromatic heterocycles. The van der Waals surface area contributed by atoms with Crippen molar-refractivity contribution in [1.82, 2.24) is 51.5 Å². The summed E-state index contributed by atoms with van der Waals surface area (Å²) in [6.07, 6.45) is 0.910. The highest BCUT2D eigenvalue weighted by molar-refractivity contribution is 5.93. The zero-order chi connectivity index (χ0) is 57.6. The number of benzene rings is 2. The monoisotopic (exact) mass is 1110 g/mol. The molecule has 0 aliphatic carbocycles. The molecule has 3 aliphatic rings. The minimum absolute atomic E-state index is 0.0651. The molecular formula is C58H78N10O12. The lowest BCUT2D eigenvalue weighted by molar-refractivity contribution is -0.162. The number of nitrogens with one attached hydrogen (secondary N) is 6. The van der Waals surface area contributed by atoms with Gasteiger partial charge in [0.25, 0.3) is 23.6 Å². The molecule has 22 nitrogen and oxygen atoms in total. The summed E-state index contributed by atoms with van der Waals surface area (Å²) in [5, 5.41) is 26.5. The standard InChI is InChI=1S/C58H78N10O12/c1-33(2)17-43-55(73)77-31-51(69)61-46(20-36(7)8)58(76)80-50(22-38-11-15-40(16-12-38)28-68-30-42-24-60-26-48(42)66-68)54(72)64-44(18-34(3)4)56(74)78-32-52(70)62-45(19-35(5)6)57(75)79-49(53(71)63-43)21-37-9-13-39(14-10-37)27-67-29-41-23-59-25-47(41)65-67/h9-16,29-30,33-36,43-46,49-50,59-60H,17-28,31-32H2,1-8H3,(H,61,69)(H,62,70)(H,63,71)(H,64,72). The molecule has 3 aliphatic heterocycles. The van der Waals surface area contributed by atoms with Gasteiger partial charge in [0.05, 0.1) is 24.5 Å². The molecular weight excluding hydrogens is 1030 g/mol. The molecule has 0 spiro atoms. The van der Waals surface area contributed by atoms with Crippen molar-refractivity contribution < 1.29 is 57.3 Å². The molecule has 0 radical (unpaired) electrons. The van der Waals surface area contributed by atoms with Gasteiger partial charge in [0, 0.05) is 62.5 Å². The zero-order valence-corrected chi connectivity index (χ0v) is 47.1. The number of aromatic nitrogens is 4. The summed E-state index contributed by atoms with van der Waals surface area (Å²) in [5.41, 5.74) is 7.34. The lowest BCUT2D eigenvalue weighted by Crippen LogP contribution is -2.52. The van der Waals surface area contributed by atoms with Gasteiger partial charge in [-0.3, -0.25) is 28.5 Å². The Balaban J connectivity index is 1.14. The molecule has 80 heavy (non-hydrogen) atoms. The van der Waals surface area contributed by atoms with E-state index in [0.29, 0.717) is 37.3 Å². The average Bonchev–Trinajstić information content (AvgIpc) is 4.21. The number of esters is 4. The van der Waals surface area contributed by atoms with E-state index in [2.05, 4.69) is 42.1 Å². The van der Waals surface area contributed by atoms with Crippen molar-refractivity contribution in [3.8, 4) is 0 Å². The molecule has 22 heteroatoms. The van der Waals surface area contributed by atoms with Crippen LogP contribution in [0, 0.1) is 23.7 Å². The largest absolute Gasteiger partial charge is 0.454 e. The van der Waals surface area contributed by atoms with E-state index in [1.807, 2.05) is 101 Å². The van der Waals surface area contributed by atoms with Gasteiger partial charge in [0.15, 0.2) is 25.4 Å². The fourth-order valence-electron chi connectivity index (χ4n) is 9.79. The van der Waals surface area contributed by atoms with E-state index in [-0.39, 0.29) is 62.2 Å². The molecule has 4 amide bonds.